The minimum atomic E-state index is -0.227. The summed E-state index contributed by atoms with van der Waals surface area (Å²) >= 11 is 0. The number of benzene rings is 3. The molecule has 0 bridgehead atoms. The van der Waals surface area contributed by atoms with Gasteiger partial charge in [0.05, 0.1) is 18.7 Å². The first-order chi connectivity index (χ1) is 17.7. The molecule has 0 spiro atoms. The molecule has 7 nitrogen and oxygen atoms in total. The lowest BCUT2D eigenvalue weighted by atomic mass is 10.1. The quantitative estimate of drug-likeness (QED) is 0.342. The van der Waals surface area contributed by atoms with Crippen LogP contribution in [0.25, 0.3) is 0 Å². The van der Waals surface area contributed by atoms with Gasteiger partial charge in [0.1, 0.15) is 19.0 Å². The van der Waals surface area contributed by atoms with Gasteiger partial charge in [-0.3, -0.25) is 9.78 Å². The summed E-state index contributed by atoms with van der Waals surface area (Å²) in [5.41, 5.74) is 3.71. The van der Waals surface area contributed by atoms with Crippen molar-refractivity contribution in [1.82, 2.24) is 10.3 Å². The van der Waals surface area contributed by atoms with Crippen LogP contribution in [0.4, 0.5) is 0 Å². The van der Waals surface area contributed by atoms with Crippen LogP contribution in [0.15, 0.2) is 91.3 Å². The van der Waals surface area contributed by atoms with Gasteiger partial charge in [0, 0.05) is 30.1 Å². The summed E-state index contributed by atoms with van der Waals surface area (Å²) in [4.78, 5) is 16.8. The van der Waals surface area contributed by atoms with Crippen LogP contribution in [-0.2, 0) is 19.8 Å². The minimum absolute atomic E-state index is 0.227. The van der Waals surface area contributed by atoms with Crippen LogP contribution in [0.5, 0.6) is 17.2 Å². The molecule has 4 rings (SSSR count). The van der Waals surface area contributed by atoms with Crippen LogP contribution in [0.2, 0.25) is 0 Å². The molecule has 4 aromatic rings. The monoisotopic (exact) mass is 479 g/mol. The molecule has 0 fully saturated rings. The molecule has 0 radical (unpaired) electrons. The first-order valence-corrected chi connectivity index (χ1v) is 11.3. The highest BCUT2D eigenvalue weighted by Crippen LogP contribution is 2.29. The SMILES string of the molecule is COc1cc(CNC(=O)c2cccc(OCc3ccccc3C#N)c2)ccc1OCc1ccncc1. The van der Waals surface area contributed by atoms with Crippen molar-refractivity contribution in [1.29, 1.82) is 5.26 Å². The maximum Gasteiger partial charge on any atom is 0.251 e. The van der Waals surface area contributed by atoms with Gasteiger partial charge in [-0.2, -0.15) is 5.26 Å². The Morgan fingerprint density at radius 1 is 0.889 bits per heavy atom. The minimum Gasteiger partial charge on any atom is -0.493 e. The van der Waals surface area contributed by atoms with Crippen molar-refractivity contribution in [3.8, 4) is 23.3 Å². The lowest BCUT2D eigenvalue weighted by molar-refractivity contribution is 0.0950. The van der Waals surface area contributed by atoms with E-state index in [4.69, 9.17) is 14.2 Å². The molecule has 0 saturated heterocycles. The van der Waals surface area contributed by atoms with E-state index in [9.17, 15) is 10.1 Å². The highest BCUT2D eigenvalue weighted by Gasteiger charge is 2.10. The number of nitrogens with one attached hydrogen (secondary N) is 1. The molecule has 1 amide bonds. The van der Waals surface area contributed by atoms with Crippen molar-refractivity contribution in [2.75, 3.05) is 7.11 Å². The van der Waals surface area contributed by atoms with Crippen molar-refractivity contribution in [2.24, 2.45) is 0 Å². The van der Waals surface area contributed by atoms with Gasteiger partial charge in [-0.15, -0.1) is 0 Å². The predicted molar refractivity (Wildman–Crippen MR) is 135 cm³/mol. The van der Waals surface area contributed by atoms with Gasteiger partial charge in [0.25, 0.3) is 5.91 Å². The Kier molecular flexibility index (Phi) is 8.13. The number of amides is 1. The first kappa shape index (κ1) is 24.3. The zero-order chi connectivity index (χ0) is 25.2. The van der Waals surface area contributed by atoms with Gasteiger partial charge in [-0.05, 0) is 59.7 Å². The Hall–Kier alpha value is -4.83. The van der Waals surface area contributed by atoms with Crippen molar-refractivity contribution < 1.29 is 19.0 Å². The topological polar surface area (TPSA) is 93.5 Å². The zero-order valence-electron chi connectivity index (χ0n) is 19.8. The molecule has 0 unspecified atom stereocenters. The lowest BCUT2D eigenvalue weighted by Gasteiger charge is -2.13. The Balaban J connectivity index is 1.34. The van der Waals surface area contributed by atoms with E-state index in [0.717, 1.165) is 16.7 Å². The summed E-state index contributed by atoms with van der Waals surface area (Å²) in [5, 5.41) is 12.2. The normalized spacial score (nSPS) is 10.2. The predicted octanol–water partition coefficient (Wildman–Crippen LogP) is 5.05. The number of pyridine rings is 1. The van der Waals surface area contributed by atoms with E-state index in [1.54, 1.807) is 49.8 Å². The lowest BCUT2D eigenvalue weighted by Crippen LogP contribution is -2.22. The smallest absolute Gasteiger partial charge is 0.251 e. The van der Waals surface area contributed by atoms with Crippen LogP contribution >= 0.6 is 0 Å². The summed E-state index contributed by atoms with van der Waals surface area (Å²) in [5.74, 6) is 1.53. The van der Waals surface area contributed by atoms with Gasteiger partial charge >= 0.3 is 0 Å². The zero-order valence-corrected chi connectivity index (χ0v) is 19.8. The van der Waals surface area contributed by atoms with Gasteiger partial charge in [-0.25, -0.2) is 0 Å². The molecule has 36 heavy (non-hydrogen) atoms. The number of ether oxygens (including phenoxy) is 3. The van der Waals surface area contributed by atoms with Crippen LogP contribution in [0.3, 0.4) is 0 Å². The molecular weight excluding hydrogens is 454 g/mol. The molecule has 0 aliphatic rings. The van der Waals surface area contributed by atoms with Gasteiger partial charge in [0.15, 0.2) is 11.5 Å². The highest BCUT2D eigenvalue weighted by molar-refractivity contribution is 5.94. The highest BCUT2D eigenvalue weighted by atomic mass is 16.5. The summed E-state index contributed by atoms with van der Waals surface area (Å²) in [6, 6.07) is 25.7. The van der Waals surface area contributed by atoms with Crippen LogP contribution in [-0.4, -0.2) is 18.0 Å². The number of nitriles is 1. The second kappa shape index (κ2) is 12.0. The van der Waals surface area contributed by atoms with Crippen molar-refractivity contribution in [2.45, 2.75) is 19.8 Å². The Morgan fingerprint density at radius 2 is 1.72 bits per heavy atom. The number of carbonyl (C=O) groups excluding carboxylic acids is 1. The second-order valence-corrected chi connectivity index (χ2v) is 7.90. The maximum atomic E-state index is 12.8. The molecule has 0 atom stereocenters. The molecule has 180 valence electrons. The van der Waals surface area contributed by atoms with Crippen molar-refractivity contribution in [3.05, 3.63) is 119 Å². The molecular formula is C29H25N3O4. The van der Waals surface area contributed by atoms with Crippen molar-refractivity contribution >= 4 is 5.91 Å². The Bertz CT molecular complexity index is 1370. The molecule has 0 saturated carbocycles. The number of methoxy groups -OCH3 is 1. The van der Waals surface area contributed by atoms with E-state index in [-0.39, 0.29) is 12.5 Å². The fraction of sp³-hybridized carbons (Fsp3) is 0.138. The van der Waals surface area contributed by atoms with E-state index in [0.29, 0.717) is 41.5 Å². The number of hydrogen-bond donors (Lipinski definition) is 1. The fourth-order valence-electron chi connectivity index (χ4n) is 3.51. The third-order valence-corrected chi connectivity index (χ3v) is 5.45. The van der Waals surface area contributed by atoms with Gasteiger partial charge in [-0.1, -0.05) is 30.3 Å². The largest absolute Gasteiger partial charge is 0.493 e. The third-order valence-electron chi connectivity index (χ3n) is 5.45. The number of rotatable bonds is 10. The summed E-state index contributed by atoms with van der Waals surface area (Å²) in [6.07, 6.45) is 3.44. The van der Waals surface area contributed by atoms with E-state index in [1.165, 1.54) is 0 Å². The number of nitrogens with zero attached hydrogens (tertiary/aromatic N) is 2. The number of aromatic nitrogens is 1. The standard InChI is InChI=1S/C29H25N3O4/c1-34-28-15-22(9-10-27(28)36-19-21-11-13-31-14-12-21)18-32-29(33)23-7-4-8-26(16-23)35-20-25-6-3-2-5-24(25)17-30/h2-16H,18-20H2,1H3,(H,32,33). The van der Waals surface area contributed by atoms with E-state index in [1.807, 2.05) is 48.5 Å². The average molecular weight is 480 g/mol. The van der Waals surface area contributed by atoms with E-state index in [2.05, 4.69) is 16.4 Å². The second-order valence-electron chi connectivity index (χ2n) is 7.90. The first-order valence-electron chi connectivity index (χ1n) is 11.3. The fourth-order valence-corrected chi connectivity index (χ4v) is 3.51. The van der Waals surface area contributed by atoms with Gasteiger partial charge < -0.3 is 19.5 Å². The third kappa shape index (κ3) is 6.39. The molecule has 3 aromatic carbocycles. The molecule has 7 heteroatoms. The molecule has 0 aliphatic carbocycles. The summed E-state index contributed by atoms with van der Waals surface area (Å²) in [7, 11) is 1.58. The van der Waals surface area contributed by atoms with Crippen LogP contribution < -0.4 is 19.5 Å². The Labute approximate surface area is 209 Å². The number of carbonyl (C=O) groups is 1. The average Bonchev–Trinajstić information content (AvgIpc) is 2.94. The maximum absolute atomic E-state index is 12.8. The molecule has 1 aromatic heterocycles. The van der Waals surface area contributed by atoms with E-state index < -0.39 is 0 Å². The van der Waals surface area contributed by atoms with Gasteiger partial charge in [0.2, 0.25) is 0 Å². The van der Waals surface area contributed by atoms with Crippen LogP contribution in [0.1, 0.15) is 32.6 Å². The Morgan fingerprint density at radius 3 is 2.53 bits per heavy atom. The summed E-state index contributed by atoms with van der Waals surface area (Å²) in [6.45, 7) is 0.958. The number of hydrogen-bond acceptors (Lipinski definition) is 6. The molecule has 1 heterocycles. The van der Waals surface area contributed by atoms with Crippen molar-refractivity contribution in [3.63, 3.8) is 0 Å². The molecule has 0 aliphatic heterocycles. The van der Waals surface area contributed by atoms with E-state index >= 15 is 0 Å². The molecule has 1 N–H and O–H groups in total. The van der Waals surface area contributed by atoms with Crippen LogP contribution in [0, 0.1) is 11.3 Å². The summed E-state index contributed by atoms with van der Waals surface area (Å²) < 4.78 is 17.2.